The van der Waals surface area contributed by atoms with E-state index in [9.17, 15) is 9.59 Å². The zero-order valence-corrected chi connectivity index (χ0v) is 14.6. The number of nitrogens with zero attached hydrogens (tertiary/aromatic N) is 4. The minimum absolute atomic E-state index is 0.00436. The van der Waals surface area contributed by atoms with E-state index in [4.69, 9.17) is 0 Å². The Bertz CT molecular complexity index is 758. The predicted molar refractivity (Wildman–Crippen MR) is 92.7 cm³/mol. The normalized spacial score (nSPS) is 20.7. The Balaban J connectivity index is 1.49. The van der Waals surface area contributed by atoms with Crippen LogP contribution < -0.4 is 10.6 Å². The molecule has 1 fully saturated rings. The summed E-state index contributed by atoms with van der Waals surface area (Å²) >= 11 is 0. The van der Waals surface area contributed by atoms with Crippen LogP contribution in [0.1, 0.15) is 32.0 Å². The van der Waals surface area contributed by atoms with Crippen LogP contribution in [0.3, 0.4) is 0 Å². The molecular formula is C17H24N6O2. The van der Waals surface area contributed by atoms with E-state index in [0.29, 0.717) is 31.4 Å². The first kappa shape index (κ1) is 17.3. The highest BCUT2D eigenvalue weighted by Gasteiger charge is 2.31. The van der Waals surface area contributed by atoms with E-state index in [2.05, 4.69) is 25.7 Å². The van der Waals surface area contributed by atoms with Crippen LogP contribution in [0.4, 0.5) is 0 Å². The van der Waals surface area contributed by atoms with Gasteiger partial charge in [0.2, 0.25) is 11.8 Å². The zero-order valence-electron chi connectivity index (χ0n) is 14.6. The first-order chi connectivity index (χ1) is 12.0. The van der Waals surface area contributed by atoms with Gasteiger partial charge in [0, 0.05) is 38.2 Å². The molecule has 0 unspecified atom stereocenters. The Kier molecular flexibility index (Phi) is 5.28. The number of fused-ring (bicyclic) bond motifs is 1. The van der Waals surface area contributed by atoms with E-state index in [0.717, 1.165) is 18.5 Å². The average Bonchev–Trinajstić information content (AvgIpc) is 3.16. The van der Waals surface area contributed by atoms with Crippen molar-refractivity contribution < 1.29 is 9.59 Å². The Morgan fingerprint density at radius 2 is 2.00 bits per heavy atom. The number of likely N-dealkylation sites (N-methyl/N-ethyl adjacent to an activating group) is 1. The quantitative estimate of drug-likeness (QED) is 0.788. The van der Waals surface area contributed by atoms with Gasteiger partial charge < -0.3 is 10.6 Å². The molecule has 2 atom stereocenters. The van der Waals surface area contributed by atoms with E-state index in [1.54, 1.807) is 0 Å². The molecule has 0 saturated carbocycles. The Morgan fingerprint density at radius 1 is 1.20 bits per heavy atom. The van der Waals surface area contributed by atoms with Gasteiger partial charge in [0.1, 0.15) is 0 Å². The number of carbonyl (C=O) groups is 2. The first-order valence-corrected chi connectivity index (χ1v) is 8.56. The van der Waals surface area contributed by atoms with Crippen molar-refractivity contribution in [3.05, 3.63) is 30.2 Å². The molecular weight excluding hydrogens is 320 g/mol. The van der Waals surface area contributed by atoms with Gasteiger partial charge in [0.25, 0.3) is 0 Å². The van der Waals surface area contributed by atoms with Crippen LogP contribution in [0, 0.1) is 0 Å². The SMILES string of the molecule is CC(=O)NC[C@H]1CC[C@@H](CC(=O)NCc2nnc3ccccn23)N1C. The van der Waals surface area contributed by atoms with Crippen LogP contribution in [-0.4, -0.2) is 57.0 Å². The van der Waals surface area contributed by atoms with E-state index >= 15 is 0 Å². The smallest absolute Gasteiger partial charge is 0.221 e. The van der Waals surface area contributed by atoms with Gasteiger partial charge in [-0.3, -0.25) is 18.9 Å². The summed E-state index contributed by atoms with van der Waals surface area (Å²) in [5, 5.41) is 14.0. The number of aromatic nitrogens is 3. The third-order valence-electron chi connectivity index (χ3n) is 4.82. The lowest BCUT2D eigenvalue weighted by Gasteiger charge is -2.25. The molecule has 2 aromatic rings. The van der Waals surface area contributed by atoms with E-state index < -0.39 is 0 Å². The number of carbonyl (C=O) groups excluding carboxylic acids is 2. The van der Waals surface area contributed by atoms with Crippen molar-refractivity contribution in [3.8, 4) is 0 Å². The van der Waals surface area contributed by atoms with Crippen molar-refractivity contribution in [1.82, 2.24) is 30.1 Å². The van der Waals surface area contributed by atoms with Crippen LogP contribution in [-0.2, 0) is 16.1 Å². The molecule has 0 aromatic carbocycles. The Morgan fingerprint density at radius 3 is 2.80 bits per heavy atom. The van der Waals surface area contributed by atoms with E-state index in [1.165, 1.54) is 6.92 Å². The summed E-state index contributed by atoms with van der Waals surface area (Å²) in [6.45, 7) is 2.51. The highest BCUT2D eigenvalue weighted by molar-refractivity contribution is 5.76. The molecule has 25 heavy (non-hydrogen) atoms. The van der Waals surface area contributed by atoms with Crippen molar-refractivity contribution in [1.29, 1.82) is 0 Å². The Labute approximate surface area is 146 Å². The summed E-state index contributed by atoms with van der Waals surface area (Å²) < 4.78 is 1.87. The molecule has 2 aromatic heterocycles. The van der Waals surface area contributed by atoms with E-state index in [1.807, 2.05) is 35.8 Å². The van der Waals surface area contributed by atoms with E-state index in [-0.39, 0.29) is 17.9 Å². The molecule has 0 bridgehead atoms. The van der Waals surface area contributed by atoms with Crippen molar-refractivity contribution in [2.45, 2.75) is 44.8 Å². The maximum atomic E-state index is 12.3. The second-order valence-corrected chi connectivity index (χ2v) is 6.51. The van der Waals surface area contributed by atoms with Gasteiger partial charge in [-0.25, -0.2) is 0 Å². The predicted octanol–water partition coefficient (Wildman–Crippen LogP) is 0.335. The third kappa shape index (κ3) is 4.14. The van der Waals surface area contributed by atoms with Gasteiger partial charge in [-0.2, -0.15) is 0 Å². The Hall–Kier alpha value is -2.48. The number of likely N-dealkylation sites (tertiary alicyclic amines) is 1. The number of hydrogen-bond donors (Lipinski definition) is 2. The average molecular weight is 344 g/mol. The molecule has 8 heteroatoms. The molecule has 3 rings (SSSR count). The standard InChI is InChI=1S/C17H24N6O2/c1-12(24)18-10-14-7-6-13(22(14)2)9-17(25)19-11-16-21-20-15-5-3-4-8-23(15)16/h3-5,8,13-14H,6-7,9-11H2,1-2H3,(H,18,24)(H,19,25)/t13-,14+/m0/s1. The molecule has 1 saturated heterocycles. The van der Waals surface area contributed by atoms with Crippen LogP contribution in [0.25, 0.3) is 5.65 Å². The fraction of sp³-hybridized carbons (Fsp3) is 0.529. The van der Waals surface area contributed by atoms with Gasteiger partial charge in [-0.15, -0.1) is 10.2 Å². The number of amides is 2. The number of pyridine rings is 1. The summed E-state index contributed by atoms with van der Waals surface area (Å²) in [4.78, 5) is 25.5. The molecule has 8 nitrogen and oxygen atoms in total. The molecule has 0 aliphatic carbocycles. The van der Waals surface area contributed by atoms with Crippen molar-refractivity contribution in [2.24, 2.45) is 0 Å². The maximum Gasteiger partial charge on any atom is 0.221 e. The summed E-state index contributed by atoms with van der Waals surface area (Å²) in [5.74, 6) is 0.701. The van der Waals surface area contributed by atoms with Crippen LogP contribution >= 0.6 is 0 Å². The second kappa shape index (κ2) is 7.60. The molecule has 2 amide bonds. The van der Waals surface area contributed by atoms with Gasteiger partial charge in [-0.05, 0) is 32.0 Å². The lowest BCUT2D eigenvalue weighted by atomic mass is 10.1. The monoisotopic (exact) mass is 344 g/mol. The van der Waals surface area contributed by atoms with Crippen molar-refractivity contribution in [3.63, 3.8) is 0 Å². The van der Waals surface area contributed by atoms with Crippen LogP contribution in [0.15, 0.2) is 24.4 Å². The molecule has 1 aliphatic heterocycles. The summed E-state index contributed by atoms with van der Waals surface area (Å²) in [6.07, 6.45) is 4.28. The van der Waals surface area contributed by atoms with Gasteiger partial charge in [0.05, 0.1) is 6.54 Å². The van der Waals surface area contributed by atoms with Gasteiger partial charge in [0.15, 0.2) is 11.5 Å². The third-order valence-corrected chi connectivity index (χ3v) is 4.82. The summed E-state index contributed by atoms with van der Waals surface area (Å²) in [6, 6.07) is 6.18. The van der Waals surface area contributed by atoms with Gasteiger partial charge in [-0.1, -0.05) is 6.07 Å². The fourth-order valence-corrected chi connectivity index (χ4v) is 3.32. The van der Waals surface area contributed by atoms with Crippen molar-refractivity contribution in [2.75, 3.05) is 13.6 Å². The second-order valence-electron chi connectivity index (χ2n) is 6.51. The molecule has 0 spiro atoms. The number of rotatable bonds is 6. The molecule has 2 N–H and O–H groups in total. The van der Waals surface area contributed by atoms with Crippen LogP contribution in [0.2, 0.25) is 0 Å². The first-order valence-electron chi connectivity index (χ1n) is 8.56. The molecule has 134 valence electrons. The maximum absolute atomic E-state index is 12.3. The molecule has 1 aliphatic rings. The minimum Gasteiger partial charge on any atom is -0.355 e. The lowest BCUT2D eigenvalue weighted by molar-refractivity contribution is -0.122. The fourth-order valence-electron chi connectivity index (χ4n) is 3.32. The van der Waals surface area contributed by atoms with Crippen LogP contribution in [0.5, 0.6) is 0 Å². The summed E-state index contributed by atoms with van der Waals surface area (Å²) in [7, 11) is 2.02. The number of nitrogens with one attached hydrogen (secondary N) is 2. The molecule has 3 heterocycles. The van der Waals surface area contributed by atoms with Gasteiger partial charge >= 0.3 is 0 Å². The highest BCUT2D eigenvalue weighted by atomic mass is 16.2. The lowest BCUT2D eigenvalue weighted by Crippen LogP contribution is -2.42. The topological polar surface area (TPSA) is 91.6 Å². The zero-order chi connectivity index (χ0) is 17.8. The highest BCUT2D eigenvalue weighted by Crippen LogP contribution is 2.24. The summed E-state index contributed by atoms with van der Waals surface area (Å²) in [5.41, 5.74) is 0.767. The van der Waals surface area contributed by atoms with Crippen molar-refractivity contribution >= 4 is 17.5 Å². The molecule has 0 radical (unpaired) electrons. The largest absolute Gasteiger partial charge is 0.355 e. The minimum atomic E-state index is -0.0184. The number of hydrogen-bond acceptors (Lipinski definition) is 5.